The average molecular weight is 619 g/mol. The van der Waals surface area contributed by atoms with Gasteiger partial charge in [-0.25, -0.2) is 4.79 Å². The van der Waals surface area contributed by atoms with Gasteiger partial charge in [-0.2, -0.15) is 0 Å². The highest BCUT2D eigenvalue weighted by atomic mass is 16.5. The van der Waals surface area contributed by atoms with E-state index in [4.69, 9.17) is 9.47 Å². The summed E-state index contributed by atoms with van der Waals surface area (Å²) in [4.78, 5) is 79.5. The zero-order valence-electron chi connectivity index (χ0n) is 25.4. The number of esters is 2. The smallest absolute Gasteiger partial charge is 0.397 e. The van der Waals surface area contributed by atoms with Crippen LogP contribution in [0.1, 0.15) is 43.9 Å². The van der Waals surface area contributed by atoms with E-state index in [1.165, 1.54) is 12.3 Å². The molecule has 1 aromatic heterocycles. The summed E-state index contributed by atoms with van der Waals surface area (Å²) in [6, 6.07) is 18.5. The number of pyridine rings is 1. The van der Waals surface area contributed by atoms with Crippen LogP contribution >= 0.6 is 0 Å². The second-order valence-corrected chi connectivity index (χ2v) is 10.8. The predicted molar refractivity (Wildman–Crippen MR) is 164 cm³/mol. The van der Waals surface area contributed by atoms with Crippen LogP contribution in [-0.4, -0.2) is 52.8 Å². The number of carbonyl (C=O) groups is 5. The highest BCUT2D eigenvalue weighted by Gasteiger charge is 2.36. The first-order valence-electron chi connectivity index (χ1n) is 14.5. The second-order valence-electron chi connectivity index (χ2n) is 10.8. The van der Waals surface area contributed by atoms with Crippen LogP contribution in [0.4, 0.5) is 0 Å². The number of rotatable bonds is 14. The molecular weight excluding hydrogens is 580 g/mol. The fourth-order valence-electron chi connectivity index (χ4n) is 4.46. The molecule has 3 rings (SSSR count). The van der Waals surface area contributed by atoms with Gasteiger partial charge in [-0.1, -0.05) is 80.6 Å². The van der Waals surface area contributed by atoms with Crippen molar-refractivity contribution in [2.45, 2.75) is 65.0 Å². The van der Waals surface area contributed by atoms with E-state index in [-0.39, 0.29) is 37.5 Å². The third kappa shape index (κ3) is 11.4. The molecule has 3 amide bonds. The third-order valence-electron chi connectivity index (χ3n) is 6.62. The average Bonchev–Trinajstić information content (AvgIpc) is 3.02. The minimum Gasteiger partial charge on any atom is -0.454 e. The number of benzene rings is 2. The van der Waals surface area contributed by atoms with Crippen LogP contribution in [0.15, 0.2) is 83.8 Å². The van der Waals surface area contributed by atoms with Crippen LogP contribution in [0, 0.1) is 5.92 Å². The molecule has 1 heterocycles. The largest absolute Gasteiger partial charge is 0.454 e. The van der Waals surface area contributed by atoms with E-state index in [0.29, 0.717) is 5.56 Å². The van der Waals surface area contributed by atoms with E-state index in [2.05, 4.69) is 20.9 Å². The quantitative estimate of drug-likeness (QED) is 0.157. The first kappa shape index (κ1) is 34.2. The van der Waals surface area contributed by atoms with Gasteiger partial charge in [0, 0.05) is 31.6 Å². The van der Waals surface area contributed by atoms with Crippen molar-refractivity contribution in [2.75, 3.05) is 0 Å². The third-order valence-corrected chi connectivity index (χ3v) is 6.62. The zero-order valence-corrected chi connectivity index (χ0v) is 25.4. The molecular formula is C33H38N4O8. The molecule has 0 aliphatic heterocycles. The minimum atomic E-state index is -1.54. The lowest BCUT2D eigenvalue weighted by Gasteiger charge is -2.29. The zero-order chi connectivity index (χ0) is 32.8. The molecule has 0 fully saturated rings. The Bertz CT molecular complexity index is 1510. The van der Waals surface area contributed by atoms with Crippen molar-refractivity contribution in [1.82, 2.24) is 20.9 Å². The summed E-state index contributed by atoms with van der Waals surface area (Å²) in [5.74, 6) is -4.65. The minimum absolute atomic E-state index is 0.102. The van der Waals surface area contributed by atoms with Crippen molar-refractivity contribution in [1.29, 1.82) is 0 Å². The Morgan fingerprint density at radius 1 is 0.822 bits per heavy atom. The summed E-state index contributed by atoms with van der Waals surface area (Å²) < 4.78 is 10.5. The first-order chi connectivity index (χ1) is 21.5. The fraction of sp³-hybridized carbons (Fsp3) is 0.333. The lowest BCUT2D eigenvalue weighted by molar-refractivity contribution is -0.157. The van der Waals surface area contributed by atoms with Gasteiger partial charge in [-0.3, -0.25) is 24.0 Å². The Morgan fingerprint density at radius 3 is 2.07 bits per heavy atom. The molecule has 3 atom stereocenters. The highest BCUT2D eigenvalue weighted by Crippen LogP contribution is 2.12. The van der Waals surface area contributed by atoms with Gasteiger partial charge in [0.15, 0.2) is 6.10 Å². The molecule has 0 saturated heterocycles. The van der Waals surface area contributed by atoms with E-state index in [1.807, 2.05) is 19.9 Å². The van der Waals surface area contributed by atoms with Gasteiger partial charge in [0.25, 0.3) is 11.5 Å². The molecule has 0 aliphatic rings. The Balaban J connectivity index is 1.82. The van der Waals surface area contributed by atoms with E-state index in [1.54, 1.807) is 60.7 Å². The Hall–Kier alpha value is -5.26. The molecule has 1 unspecified atom stereocenters. The molecule has 238 valence electrons. The van der Waals surface area contributed by atoms with Crippen LogP contribution in [0.5, 0.6) is 0 Å². The molecule has 0 spiro atoms. The number of H-pyrrole nitrogens is 1. The van der Waals surface area contributed by atoms with Crippen molar-refractivity contribution < 1.29 is 33.4 Å². The number of carbonyl (C=O) groups excluding carboxylic acids is 5. The molecule has 12 nitrogen and oxygen atoms in total. The summed E-state index contributed by atoms with van der Waals surface area (Å²) in [5.41, 5.74) is 1.21. The molecule has 0 radical (unpaired) electrons. The maximum atomic E-state index is 13.7. The second kappa shape index (κ2) is 17.1. The summed E-state index contributed by atoms with van der Waals surface area (Å²) in [5, 5.41) is 7.82. The molecule has 12 heteroatoms. The first-order valence-corrected chi connectivity index (χ1v) is 14.5. The summed E-state index contributed by atoms with van der Waals surface area (Å²) in [7, 11) is 0. The number of hydrogen-bond donors (Lipinski definition) is 4. The number of hydrogen-bond acceptors (Lipinski definition) is 8. The maximum absolute atomic E-state index is 13.7. The Labute approximate surface area is 260 Å². The van der Waals surface area contributed by atoms with E-state index < -0.39 is 53.4 Å². The molecule has 3 aromatic rings. The maximum Gasteiger partial charge on any atom is 0.397 e. The lowest BCUT2D eigenvalue weighted by atomic mass is 9.98. The summed E-state index contributed by atoms with van der Waals surface area (Å²) >= 11 is 0. The monoisotopic (exact) mass is 618 g/mol. The van der Waals surface area contributed by atoms with E-state index >= 15 is 0 Å². The van der Waals surface area contributed by atoms with Crippen LogP contribution in [0.2, 0.25) is 0 Å². The van der Waals surface area contributed by atoms with Gasteiger partial charge in [-0.15, -0.1) is 0 Å². The molecule has 0 aliphatic carbocycles. The topological polar surface area (TPSA) is 173 Å². The van der Waals surface area contributed by atoms with Gasteiger partial charge in [0.1, 0.15) is 12.6 Å². The van der Waals surface area contributed by atoms with E-state index in [0.717, 1.165) is 12.5 Å². The molecule has 0 bridgehead atoms. The van der Waals surface area contributed by atoms with Crippen LogP contribution < -0.4 is 21.5 Å². The normalized spacial score (nSPS) is 12.7. The highest BCUT2D eigenvalue weighted by molar-refractivity contribution is 6.32. The predicted octanol–water partition coefficient (Wildman–Crippen LogP) is 1.92. The molecule has 2 aromatic carbocycles. The van der Waals surface area contributed by atoms with E-state index in [9.17, 15) is 28.8 Å². The number of aromatic nitrogens is 1. The summed E-state index contributed by atoms with van der Waals surface area (Å²) in [6.07, 6.45) is -0.178. The van der Waals surface area contributed by atoms with Gasteiger partial charge in [0.05, 0.1) is 6.04 Å². The van der Waals surface area contributed by atoms with Crippen molar-refractivity contribution in [3.63, 3.8) is 0 Å². The SMILES string of the molecule is CC(=O)OC(C(=O)NCc1ccccc1)[C@H](Cc1ccc[nH]c1=O)NC(=O)[C@H](CC(C)C)NC(=O)C(=O)OCc1ccccc1. The van der Waals surface area contributed by atoms with Gasteiger partial charge in [0.2, 0.25) is 5.91 Å². The van der Waals surface area contributed by atoms with Crippen molar-refractivity contribution >= 4 is 29.7 Å². The lowest BCUT2D eigenvalue weighted by Crippen LogP contribution is -2.58. The number of nitrogens with one attached hydrogen (secondary N) is 4. The standard InChI is InChI=1S/C33H38N4O8/c1-21(2)17-27(37-32(42)33(43)44-20-24-13-8-5-9-14-24)30(40)36-26(18-25-15-10-16-34-29(25)39)28(45-22(3)38)31(41)35-19-23-11-6-4-7-12-23/h4-16,21,26-28H,17-20H2,1-3H3,(H,34,39)(H,35,41)(H,36,40)(H,37,42)/t26-,27-,28?/m0/s1. The fourth-order valence-corrected chi connectivity index (χ4v) is 4.46. The number of ether oxygens (including phenoxy) is 2. The number of aromatic amines is 1. The van der Waals surface area contributed by atoms with Crippen molar-refractivity contribution in [3.8, 4) is 0 Å². The van der Waals surface area contributed by atoms with Gasteiger partial charge >= 0.3 is 17.8 Å². The molecule has 4 N–H and O–H groups in total. The van der Waals surface area contributed by atoms with Crippen molar-refractivity contribution in [2.24, 2.45) is 5.92 Å². The van der Waals surface area contributed by atoms with Crippen LogP contribution in [-0.2, 0) is 53.0 Å². The Morgan fingerprint density at radius 2 is 1.47 bits per heavy atom. The van der Waals surface area contributed by atoms with Crippen LogP contribution in [0.25, 0.3) is 0 Å². The number of amides is 3. The van der Waals surface area contributed by atoms with Gasteiger partial charge < -0.3 is 30.4 Å². The molecule has 45 heavy (non-hydrogen) atoms. The van der Waals surface area contributed by atoms with Gasteiger partial charge in [-0.05, 0) is 29.5 Å². The molecule has 0 saturated carbocycles. The summed E-state index contributed by atoms with van der Waals surface area (Å²) in [6.45, 7) is 4.74. The van der Waals surface area contributed by atoms with Crippen LogP contribution in [0.3, 0.4) is 0 Å². The Kier molecular flexibility index (Phi) is 13.0. The van der Waals surface area contributed by atoms with Crippen molar-refractivity contribution in [3.05, 3.63) is 106 Å².